The van der Waals surface area contributed by atoms with Crippen LogP contribution in [-0.2, 0) is 6.42 Å². The van der Waals surface area contributed by atoms with Crippen molar-refractivity contribution in [2.45, 2.75) is 19.8 Å². The average molecular weight is 174 g/mol. The van der Waals surface area contributed by atoms with E-state index in [1.165, 1.54) is 6.20 Å². The third-order valence-corrected chi connectivity index (χ3v) is 2.18. The van der Waals surface area contributed by atoms with Crippen LogP contribution in [0.2, 0.25) is 0 Å². The lowest BCUT2D eigenvalue weighted by Gasteiger charge is -2.10. The molecule has 1 aliphatic rings. The summed E-state index contributed by atoms with van der Waals surface area (Å²) >= 11 is 0. The molecule has 0 N–H and O–H groups in total. The van der Waals surface area contributed by atoms with Gasteiger partial charge < -0.3 is 0 Å². The van der Waals surface area contributed by atoms with E-state index >= 15 is 0 Å². The molecule has 0 bridgehead atoms. The third-order valence-electron chi connectivity index (χ3n) is 2.18. The minimum absolute atomic E-state index is 0.0534. The first-order valence-corrected chi connectivity index (χ1v) is 4.31. The van der Waals surface area contributed by atoms with Crippen LogP contribution in [0.4, 0.5) is 0 Å². The molecule has 13 heavy (non-hydrogen) atoms. The molecule has 1 aromatic rings. The van der Waals surface area contributed by atoms with E-state index in [0.29, 0.717) is 5.56 Å². The number of ketones is 1. The SMILES string of the molecule is CC(=O)c1cnnc2c1C=CCC2. The normalized spacial score (nSPS) is 13.9. The molecule has 3 nitrogen and oxygen atoms in total. The van der Waals surface area contributed by atoms with Crippen molar-refractivity contribution in [3.8, 4) is 0 Å². The van der Waals surface area contributed by atoms with Crippen LogP contribution in [0.5, 0.6) is 0 Å². The van der Waals surface area contributed by atoms with E-state index < -0.39 is 0 Å². The molecular formula is C10H10N2O. The van der Waals surface area contributed by atoms with Gasteiger partial charge in [-0.15, -0.1) is 0 Å². The Kier molecular flexibility index (Phi) is 1.93. The Morgan fingerprint density at radius 2 is 2.38 bits per heavy atom. The molecule has 0 fully saturated rings. The summed E-state index contributed by atoms with van der Waals surface area (Å²) in [7, 11) is 0. The Labute approximate surface area is 76.5 Å². The van der Waals surface area contributed by atoms with Gasteiger partial charge in [0, 0.05) is 11.1 Å². The van der Waals surface area contributed by atoms with Gasteiger partial charge in [-0.3, -0.25) is 4.79 Å². The summed E-state index contributed by atoms with van der Waals surface area (Å²) in [5.74, 6) is 0.0534. The summed E-state index contributed by atoms with van der Waals surface area (Å²) in [4.78, 5) is 11.2. The number of aromatic nitrogens is 2. The zero-order chi connectivity index (χ0) is 9.26. The Morgan fingerprint density at radius 1 is 1.54 bits per heavy atom. The van der Waals surface area contributed by atoms with Gasteiger partial charge in [0.25, 0.3) is 0 Å². The predicted molar refractivity (Wildman–Crippen MR) is 49.4 cm³/mol. The summed E-state index contributed by atoms with van der Waals surface area (Å²) in [6.45, 7) is 1.56. The van der Waals surface area contributed by atoms with Crippen LogP contribution in [0.1, 0.15) is 35.0 Å². The van der Waals surface area contributed by atoms with Crippen molar-refractivity contribution in [3.05, 3.63) is 29.1 Å². The molecule has 0 spiro atoms. The topological polar surface area (TPSA) is 42.9 Å². The predicted octanol–water partition coefficient (Wildman–Crippen LogP) is 1.64. The summed E-state index contributed by atoms with van der Waals surface area (Å²) in [5, 5.41) is 7.82. The number of rotatable bonds is 1. The van der Waals surface area contributed by atoms with Crippen molar-refractivity contribution in [2.24, 2.45) is 0 Å². The molecule has 0 aliphatic heterocycles. The van der Waals surface area contributed by atoms with Crippen LogP contribution >= 0.6 is 0 Å². The van der Waals surface area contributed by atoms with Gasteiger partial charge >= 0.3 is 0 Å². The summed E-state index contributed by atoms with van der Waals surface area (Å²) in [5.41, 5.74) is 2.57. The molecule has 1 aromatic heterocycles. The van der Waals surface area contributed by atoms with Crippen LogP contribution in [0, 0.1) is 0 Å². The number of hydrogen-bond acceptors (Lipinski definition) is 3. The molecule has 0 unspecified atom stereocenters. The van der Waals surface area contributed by atoms with E-state index in [9.17, 15) is 4.79 Å². The fourth-order valence-corrected chi connectivity index (χ4v) is 1.51. The maximum atomic E-state index is 11.2. The van der Waals surface area contributed by atoms with Crippen LogP contribution in [-0.4, -0.2) is 16.0 Å². The molecule has 3 heteroatoms. The van der Waals surface area contributed by atoms with E-state index in [2.05, 4.69) is 16.3 Å². The van der Waals surface area contributed by atoms with Crippen molar-refractivity contribution in [1.29, 1.82) is 0 Å². The molecule has 0 radical (unpaired) electrons. The highest BCUT2D eigenvalue weighted by Crippen LogP contribution is 2.19. The first-order valence-electron chi connectivity index (χ1n) is 4.31. The van der Waals surface area contributed by atoms with Crippen LogP contribution in [0.3, 0.4) is 0 Å². The van der Waals surface area contributed by atoms with Gasteiger partial charge in [-0.2, -0.15) is 10.2 Å². The molecule has 0 saturated heterocycles. The molecule has 0 amide bonds. The fourth-order valence-electron chi connectivity index (χ4n) is 1.51. The van der Waals surface area contributed by atoms with Gasteiger partial charge in [-0.1, -0.05) is 12.2 Å². The Balaban J connectivity index is 2.60. The first-order chi connectivity index (χ1) is 6.29. The molecule has 1 heterocycles. The highest BCUT2D eigenvalue weighted by atomic mass is 16.1. The number of carbonyl (C=O) groups is 1. The number of nitrogens with zero attached hydrogens (tertiary/aromatic N) is 2. The molecule has 1 aliphatic carbocycles. The second-order valence-electron chi connectivity index (χ2n) is 3.12. The second kappa shape index (κ2) is 3.09. The smallest absolute Gasteiger partial charge is 0.162 e. The number of Topliss-reactive ketones (excluding diaryl/α,β-unsaturated/α-hetero) is 1. The lowest BCUT2D eigenvalue weighted by atomic mass is 9.98. The molecule has 0 saturated carbocycles. The summed E-state index contributed by atoms with van der Waals surface area (Å²) in [6.07, 6.45) is 7.44. The number of fused-ring (bicyclic) bond motifs is 1. The Bertz CT molecular complexity index is 383. The molecule has 2 rings (SSSR count). The maximum Gasteiger partial charge on any atom is 0.162 e. The highest BCUT2D eigenvalue weighted by Gasteiger charge is 2.13. The summed E-state index contributed by atoms with van der Waals surface area (Å²) < 4.78 is 0. The molecule has 0 atom stereocenters. The van der Waals surface area contributed by atoms with E-state index in [0.717, 1.165) is 24.1 Å². The Morgan fingerprint density at radius 3 is 3.15 bits per heavy atom. The van der Waals surface area contributed by atoms with Gasteiger partial charge in [0.2, 0.25) is 0 Å². The van der Waals surface area contributed by atoms with Gasteiger partial charge in [0.1, 0.15) is 0 Å². The van der Waals surface area contributed by atoms with Crippen molar-refractivity contribution >= 4 is 11.9 Å². The lowest BCUT2D eigenvalue weighted by molar-refractivity contribution is 0.101. The van der Waals surface area contributed by atoms with Crippen molar-refractivity contribution in [1.82, 2.24) is 10.2 Å². The average Bonchev–Trinajstić information content (AvgIpc) is 2.17. The lowest BCUT2D eigenvalue weighted by Crippen LogP contribution is -2.07. The number of allylic oxidation sites excluding steroid dienone is 1. The van der Waals surface area contributed by atoms with Crippen molar-refractivity contribution in [3.63, 3.8) is 0 Å². The minimum atomic E-state index is 0.0534. The number of hydrogen-bond donors (Lipinski definition) is 0. The van der Waals surface area contributed by atoms with E-state index in [1.807, 2.05) is 6.08 Å². The zero-order valence-corrected chi connectivity index (χ0v) is 7.45. The van der Waals surface area contributed by atoms with E-state index in [1.54, 1.807) is 6.92 Å². The Hall–Kier alpha value is -1.51. The monoisotopic (exact) mass is 174 g/mol. The standard InChI is InChI=1S/C10H10N2O/c1-7(13)9-6-11-12-10-5-3-2-4-8(9)10/h2,4,6H,3,5H2,1H3. The number of aryl methyl sites for hydroxylation is 1. The third kappa shape index (κ3) is 1.37. The quantitative estimate of drug-likeness (QED) is 0.608. The van der Waals surface area contributed by atoms with Gasteiger partial charge in [-0.25, -0.2) is 0 Å². The highest BCUT2D eigenvalue weighted by molar-refractivity contribution is 5.97. The van der Waals surface area contributed by atoms with Crippen LogP contribution in [0.15, 0.2) is 12.3 Å². The first kappa shape index (κ1) is 8.10. The van der Waals surface area contributed by atoms with E-state index in [-0.39, 0.29) is 5.78 Å². The fraction of sp³-hybridized carbons (Fsp3) is 0.300. The van der Waals surface area contributed by atoms with Crippen molar-refractivity contribution in [2.75, 3.05) is 0 Å². The van der Waals surface area contributed by atoms with E-state index in [4.69, 9.17) is 0 Å². The van der Waals surface area contributed by atoms with Gasteiger partial charge in [-0.05, 0) is 19.8 Å². The largest absolute Gasteiger partial charge is 0.294 e. The van der Waals surface area contributed by atoms with Crippen molar-refractivity contribution < 1.29 is 4.79 Å². The van der Waals surface area contributed by atoms with Gasteiger partial charge in [0.15, 0.2) is 5.78 Å². The maximum absolute atomic E-state index is 11.2. The molecular weight excluding hydrogens is 164 g/mol. The van der Waals surface area contributed by atoms with Crippen LogP contribution in [0.25, 0.3) is 6.08 Å². The molecule has 0 aromatic carbocycles. The number of carbonyl (C=O) groups excluding carboxylic acids is 1. The zero-order valence-electron chi connectivity index (χ0n) is 7.45. The summed E-state index contributed by atoms with van der Waals surface area (Å²) in [6, 6.07) is 0. The second-order valence-corrected chi connectivity index (χ2v) is 3.12. The van der Waals surface area contributed by atoms with Crippen LogP contribution < -0.4 is 0 Å². The molecule has 66 valence electrons. The van der Waals surface area contributed by atoms with Gasteiger partial charge in [0.05, 0.1) is 11.9 Å². The minimum Gasteiger partial charge on any atom is -0.294 e.